The minimum atomic E-state index is 0.398. The normalized spacial score (nSPS) is 18.1. The number of hydrogen-bond donors (Lipinski definition) is 1. The van der Waals surface area contributed by atoms with Gasteiger partial charge in [0.25, 0.3) is 5.78 Å². The Morgan fingerprint density at radius 3 is 2.88 bits per heavy atom. The number of anilines is 3. The maximum absolute atomic E-state index is 5.51. The van der Waals surface area contributed by atoms with Crippen LogP contribution in [0.5, 0.6) is 0 Å². The first kappa shape index (κ1) is 14.9. The van der Waals surface area contributed by atoms with Crippen LogP contribution < -0.4 is 10.2 Å². The molecule has 1 atom stereocenters. The summed E-state index contributed by atoms with van der Waals surface area (Å²) in [5.74, 6) is 1.44. The number of nitrogens with zero attached hydrogens (tertiary/aromatic N) is 5. The fourth-order valence-electron chi connectivity index (χ4n) is 3.01. The predicted octanol–water partition coefficient (Wildman–Crippen LogP) is 2.40. The Balaban J connectivity index is 1.57. The summed E-state index contributed by atoms with van der Waals surface area (Å²) < 4.78 is 7.20. The SMILES string of the molecule is Cc1cc(Nc2ccc(N3CCOCC3C)cc2)n2ncnc2n1. The van der Waals surface area contributed by atoms with Gasteiger partial charge in [-0.1, -0.05) is 0 Å². The van der Waals surface area contributed by atoms with Crippen LogP contribution in [0.2, 0.25) is 0 Å². The Bertz CT molecular complexity index is 844. The molecule has 124 valence electrons. The molecule has 1 saturated heterocycles. The minimum Gasteiger partial charge on any atom is -0.377 e. The van der Waals surface area contributed by atoms with E-state index in [1.54, 1.807) is 4.52 Å². The number of ether oxygens (including phenoxy) is 1. The molecule has 7 heteroatoms. The van der Waals surface area contributed by atoms with Crippen molar-refractivity contribution in [1.29, 1.82) is 0 Å². The smallest absolute Gasteiger partial charge is 0.254 e. The van der Waals surface area contributed by atoms with E-state index in [9.17, 15) is 0 Å². The number of benzene rings is 1. The summed E-state index contributed by atoms with van der Waals surface area (Å²) in [4.78, 5) is 10.9. The fourth-order valence-corrected chi connectivity index (χ4v) is 3.01. The maximum Gasteiger partial charge on any atom is 0.254 e. The van der Waals surface area contributed by atoms with Gasteiger partial charge in [0.15, 0.2) is 0 Å². The Morgan fingerprint density at radius 1 is 1.25 bits per heavy atom. The molecule has 0 saturated carbocycles. The molecule has 3 heterocycles. The number of fused-ring (bicyclic) bond motifs is 1. The minimum absolute atomic E-state index is 0.398. The van der Waals surface area contributed by atoms with E-state index in [0.29, 0.717) is 11.8 Å². The van der Waals surface area contributed by atoms with Gasteiger partial charge < -0.3 is 15.0 Å². The Hall–Kier alpha value is -2.67. The van der Waals surface area contributed by atoms with Gasteiger partial charge in [0, 0.05) is 35.7 Å². The summed E-state index contributed by atoms with van der Waals surface area (Å²) in [5.41, 5.74) is 3.12. The predicted molar refractivity (Wildman–Crippen MR) is 92.9 cm³/mol. The monoisotopic (exact) mass is 324 g/mol. The molecule has 1 N–H and O–H groups in total. The van der Waals surface area contributed by atoms with Crippen LogP contribution in [0.4, 0.5) is 17.2 Å². The fraction of sp³-hybridized carbons (Fsp3) is 0.353. The molecular formula is C17H20N6O. The molecule has 0 bridgehead atoms. The molecule has 7 nitrogen and oxygen atoms in total. The maximum atomic E-state index is 5.51. The lowest BCUT2D eigenvalue weighted by molar-refractivity contribution is 0.0989. The zero-order valence-electron chi connectivity index (χ0n) is 13.8. The zero-order chi connectivity index (χ0) is 16.5. The second-order valence-electron chi connectivity index (χ2n) is 6.04. The number of nitrogens with one attached hydrogen (secondary N) is 1. The van der Waals surface area contributed by atoms with Crippen LogP contribution in [0.1, 0.15) is 12.6 Å². The van der Waals surface area contributed by atoms with Gasteiger partial charge in [0.2, 0.25) is 0 Å². The number of rotatable bonds is 3. The average molecular weight is 324 g/mol. The molecule has 1 fully saturated rings. The third kappa shape index (κ3) is 2.78. The zero-order valence-corrected chi connectivity index (χ0v) is 13.8. The van der Waals surface area contributed by atoms with E-state index < -0.39 is 0 Å². The second kappa shape index (κ2) is 6.09. The number of hydrogen-bond acceptors (Lipinski definition) is 6. The summed E-state index contributed by atoms with van der Waals surface area (Å²) in [7, 11) is 0. The summed E-state index contributed by atoms with van der Waals surface area (Å²) >= 11 is 0. The van der Waals surface area contributed by atoms with Crippen molar-refractivity contribution >= 4 is 23.0 Å². The van der Waals surface area contributed by atoms with Crippen LogP contribution in [0.3, 0.4) is 0 Å². The second-order valence-corrected chi connectivity index (χ2v) is 6.04. The lowest BCUT2D eigenvalue weighted by Crippen LogP contribution is -2.43. The topological polar surface area (TPSA) is 67.6 Å². The molecule has 0 amide bonds. The van der Waals surface area contributed by atoms with Crippen molar-refractivity contribution in [3.63, 3.8) is 0 Å². The summed E-state index contributed by atoms with van der Waals surface area (Å²) in [5, 5.41) is 7.61. The highest BCUT2D eigenvalue weighted by Crippen LogP contribution is 2.24. The molecule has 1 unspecified atom stereocenters. The standard InChI is InChI=1S/C17H20N6O/c1-12-9-16(23-17(20-12)18-11-19-23)21-14-3-5-15(6-4-14)22-7-8-24-10-13(22)2/h3-6,9,11,13,21H,7-8,10H2,1-2H3. The molecular weight excluding hydrogens is 304 g/mol. The highest BCUT2D eigenvalue weighted by Gasteiger charge is 2.18. The molecule has 0 spiro atoms. The number of aromatic nitrogens is 4. The van der Waals surface area contributed by atoms with Crippen LogP contribution in [-0.4, -0.2) is 45.4 Å². The van der Waals surface area contributed by atoms with Gasteiger partial charge in [0.05, 0.1) is 13.2 Å². The lowest BCUT2D eigenvalue weighted by atomic mass is 10.2. The van der Waals surface area contributed by atoms with Gasteiger partial charge in [-0.3, -0.25) is 0 Å². The number of aryl methyl sites for hydroxylation is 1. The number of morpholine rings is 1. The van der Waals surface area contributed by atoms with E-state index in [1.807, 2.05) is 13.0 Å². The molecule has 1 aromatic carbocycles. The van der Waals surface area contributed by atoms with Gasteiger partial charge in [-0.25, -0.2) is 4.98 Å². The van der Waals surface area contributed by atoms with E-state index in [-0.39, 0.29) is 0 Å². The summed E-state index contributed by atoms with van der Waals surface area (Å²) in [6.45, 7) is 6.62. The first-order chi connectivity index (χ1) is 11.7. The highest BCUT2D eigenvalue weighted by molar-refractivity contribution is 5.62. The third-order valence-corrected chi connectivity index (χ3v) is 4.22. The molecule has 0 radical (unpaired) electrons. The van der Waals surface area contributed by atoms with Crippen molar-refractivity contribution in [3.05, 3.63) is 42.4 Å². The van der Waals surface area contributed by atoms with Gasteiger partial charge >= 0.3 is 0 Å². The van der Waals surface area contributed by atoms with Crippen LogP contribution in [0, 0.1) is 6.92 Å². The molecule has 1 aliphatic heterocycles. The summed E-state index contributed by atoms with van der Waals surface area (Å²) in [6.07, 6.45) is 1.51. The Kier molecular flexibility index (Phi) is 3.78. The molecule has 4 rings (SSSR count). The van der Waals surface area contributed by atoms with Crippen molar-refractivity contribution in [1.82, 2.24) is 19.6 Å². The highest BCUT2D eigenvalue weighted by atomic mass is 16.5. The van der Waals surface area contributed by atoms with Crippen LogP contribution >= 0.6 is 0 Å². The van der Waals surface area contributed by atoms with Crippen molar-refractivity contribution in [2.45, 2.75) is 19.9 Å². The molecule has 3 aromatic rings. The van der Waals surface area contributed by atoms with Gasteiger partial charge in [-0.2, -0.15) is 14.6 Å². The van der Waals surface area contributed by atoms with E-state index in [2.05, 4.69) is 56.5 Å². The van der Waals surface area contributed by atoms with E-state index in [0.717, 1.165) is 37.0 Å². The largest absolute Gasteiger partial charge is 0.377 e. The first-order valence-electron chi connectivity index (χ1n) is 8.09. The Morgan fingerprint density at radius 2 is 2.08 bits per heavy atom. The van der Waals surface area contributed by atoms with Gasteiger partial charge in [-0.05, 0) is 38.1 Å². The van der Waals surface area contributed by atoms with Crippen LogP contribution in [-0.2, 0) is 4.74 Å². The van der Waals surface area contributed by atoms with E-state index in [4.69, 9.17) is 4.74 Å². The third-order valence-electron chi connectivity index (χ3n) is 4.22. The molecule has 0 aliphatic carbocycles. The van der Waals surface area contributed by atoms with E-state index >= 15 is 0 Å². The van der Waals surface area contributed by atoms with Gasteiger partial charge in [0.1, 0.15) is 12.1 Å². The molecule has 24 heavy (non-hydrogen) atoms. The van der Waals surface area contributed by atoms with Gasteiger partial charge in [-0.15, -0.1) is 0 Å². The lowest BCUT2D eigenvalue weighted by Gasteiger charge is -2.35. The van der Waals surface area contributed by atoms with Crippen molar-refractivity contribution < 1.29 is 4.74 Å². The van der Waals surface area contributed by atoms with Crippen LogP contribution in [0.25, 0.3) is 5.78 Å². The summed E-state index contributed by atoms with van der Waals surface area (Å²) in [6, 6.07) is 10.8. The average Bonchev–Trinajstić information content (AvgIpc) is 3.05. The van der Waals surface area contributed by atoms with Crippen molar-refractivity contribution in [3.8, 4) is 0 Å². The van der Waals surface area contributed by atoms with Crippen LogP contribution in [0.15, 0.2) is 36.7 Å². The molecule has 2 aromatic heterocycles. The first-order valence-corrected chi connectivity index (χ1v) is 8.09. The quantitative estimate of drug-likeness (QED) is 0.798. The van der Waals surface area contributed by atoms with Crippen molar-refractivity contribution in [2.24, 2.45) is 0 Å². The Labute approximate surface area is 140 Å². The van der Waals surface area contributed by atoms with E-state index in [1.165, 1.54) is 12.0 Å². The van der Waals surface area contributed by atoms with Crippen molar-refractivity contribution in [2.75, 3.05) is 30.0 Å². The molecule has 1 aliphatic rings.